The lowest BCUT2D eigenvalue weighted by Crippen LogP contribution is -2.35. The van der Waals surface area contributed by atoms with Crippen molar-refractivity contribution in [1.82, 2.24) is 10.6 Å². The van der Waals surface area contributed by atoms with Crippen LogP contribution in [-0.4, -0.2) is 13.0 Å². The molecule has 0 aliphatic heterocycles. The molecule has 0 radical (unpaired) electrons. The average Bonchev–Trinajstić information content (AvgIpc) is 2.55. The number of rotatable bonds is 5. The van der Waals surface area contributed by atoms with Crippen LogP contribution in [0.4, 0.5) is 0 Å². The molecule has 0 aliphatic carbocycles. The first-order chi connectivity index (χ1) is 10.2. The fraction of sp³-hybridized carbons (Fsp3) is 0.176. The Morgan fingerprint density at radius 2 is 1.81 bits per heavy atom. The molecule has 1 unspecified atom stereocenters. The maximum atomic E-state index is 12.2. The Labute approximate surface area is 124 Å². The first-order valence-corrected chi connectivity index (χ1v) is 6.73. The summed E-state index contributed by atoms with van der Waals surface area (Å²) in [6.07, 6.45) is 0. The number of likely N-dealkylation sites (N-methyl/N-ethyl adjacent to an activating group) is 1. The van der Waals surface area contributed by atoms with E-state index in [4.69, 9.17) is 5.26 Å². The van der Waals surface area contributed by atoms with E-state index in [1.807, 2.05) is 42.5 Å². The number of carbonyl (C=O) groups is 1. The number of nitrogens with zero attached hydrogens (tertiary/aromatic N) is 1. The zero-order chi connectivity index (χ0) is 15.1. The SMILES string of the molecule is CNC(C(=O)NCc1ccc(C#N)cc1)c1ccccc1. The Hall–Kier alpha value is -2.64. The summed E-state index contributed by atoms with van der Waals surface area (Å²) in [6, 6.07) is 18.5. The number of carbonyl (C=O) groups excluding carboxylic acids is 1. The van der Waals surface area contributed by atoms with Gasteiger partial charge in [0, 0.05) is 6.54 Å². The van der Waals surface area contributed by atoms with Gasteiger partial charge in [-0.3, -0.25) is 4.79 Å². The smallest absolute Gasteiger partial charge is 0.241 e. The van der Waals surface area contributed by atoms with Gasteiger partial charge in [-0.25, -0.2) is 0 Å². The van der Waals surface area contributed by atoms with Gasteiger partial charge < -0.3 is 10.6 Å². The van der Waals surface area contributed by atoms with Crippen LogP contribution in [-0.2, 0) is 11.3 Å². The molecule has 0 aliphatic rings. The van der Waals surface area contributed by atoms with Crippen molar-refractivity contribution in [2.45, 2.75) is 12.6 Å². The second-order valence-electron chi connectivity index (χ2n) is 4.66. The molecule has 21 heavy (non-hydrogen) atoms. The predicted octanol–water partition coefficient (Wildman–Crippen LogP) is 2.14. The van der Waals surface area contributed by atoms with E-state index in [9.17, 15) is 4.79 Å². The largest absolute Gasteiger partial charge is 0.350 e. The lowest BCUT2D eigenvalue weighted by molar-refractivity contribution is -0.123. The number of nitrogens with one attached hydrogen (secondary N) is 2. The van der Waals surface area contributed by atoms with Gasteiger partial charge in [-0.1, -0.05) is 42.5 Å². The molecular formula is C17H17N3O. The summed E-state index contributed by atoms with van der Waals surface area (Å²) in [4.78, 5) is 12.2. The molecule has 0 saturated heterocycles. The normalized spacial score (nSPS) is 11.4. The third kappa shape index (κ3) is 3.91. The molecule has 2 N–H and O–H groups in total. The first-order valence-electron chi connectivity index (χ1n) is 6.73. The van der Waals surface area contributed by atoms with Crippen molar-refractivity contribution in [2.75, 3.05) is 7.05 Å². The summed E-state index contributed by atoms with van der Waals surface area (Å²) >= 11 is 0. The fourth-order valence-electron chi connectivity index (χ4n) is 2.08. The summed E-state index contributed by atoms with van der Waals surface area (Å²) in [5, 5.41) is 14.7. The second kappa shape index (κ2) is 7.22. The van der Waals surface area contributed by atoms with Crippen molar-refractivity contribution < 1.29 is 4.79 Å². The van der Waals surface area contributed by atoms with Crippen LogP contribution in [0.2, 0.25) is 0 Å². The van der Waals surface area contributed by atoms with E-state index in [2.05, 4.69) is 16.7 Å². The molecule has 106 valence electrons. The molecule has 0 fully saturated rings. The highest BCUT2D eigenvalue weighted by atomic mass is 16.2. The van der Waals surface area contributed by atoms with E-state index in [0.29, 0.717) is 12.1 Å². The van der Waals surface area contributed by atoms with Crippen molar-refractivity contribution in [3.8, 4) is 6.07 Å². The first kappa shape index (κ1) is 14.8. The number of nitriles is 1. The van der Waals surface area contributed by atoms with Crippen LogP contribution in [0.5, 0.6) is 0 Å². The lowest BCUT2D eigenvalue weighted by atomic mass is 10.1. The van der Waals surface area contributed by atoms with Gasteiger partial charge in [-0.15, -0.1) is 0 Å². The van der Waals surface area contributed by atoms with Crippen LogP contribution in [0.15, 0.2) is 54.6 Å². The third-order valence-electron chi connectivity index (χ3n) is 3.23. The van der Waals surface area contributed by atoms with E-state index in [-0.39, 0.29) is 11.9 Å². The Bertz CT molecular complexity index is 629. The van der Waals surface area contributed by atoms with Crippen LogP contribution >= 0.6 is 0 Å². The Morgan fingerprint density at radius 1 is 1.14 bits per heavy atom. The summed E-state index contributed by atoms with van der Waals surface area (Å²) in [7, 11) is 1.76. The van der Waals surface area contributed by atoms with Gasteiger partial charge in [0.25, 0.3) is 0 Å². The van der Waals surface area contributed by atoms with Gasteiger partial charge in [0.2, 0.25) is 5.91 Å². The van der Waals surface area contributed by atoms with Crippen molar-refractivity contribution >= 4 is 5.91 Å². The van der Waals surface area contributed by atoms with Gasteiger partial charge >= 0.3 is 0 Å². The minimum Gasteiger partial charge on any atom is -0.350 e. The molecule has 0 spiro atoms. The minimum absolute atomic E-state index is 0.0759. The van der Waals surface area contributed by atoms with Crippen molar-refractivity contribution in [1.29, 1.82) is 5.26 Å². The molecule has 2 aromatic carbocycles. The predicted molar refractivity (Wildman–Crippen MR) is 81.2 cm³/mol. The summed E-state index contributed by atoms with van der Waals surface area (Å²) in [5.41, 5.74) is 2.50. The molecule has 2 aromatic rings. The van der Waals surface area contributed by atoms with Gasteiger partial charge in [-0.05, 0) is 30.3 Å². The summed E-state index contributed by atoms with van der Waals surface area (Å²) in [6.45, 7) is 0.440. The Balaban J connectivity index is 1.98. The quantitative estimate of drug-likeness (QED) is 0.881. The molecule has 0 saturated carbocycles. The van der Waals surface area contributed by atoms with Crippen LogP contribution in [0.1, 0.15) is 22.7 Å². The highest BCUT2D eigenvalue weighted by molar-refractivity contribution is 5.83. The highest BCUT2D eigenvalue weighted by Gasteiger charge is 2.17. The Kier molecular flexibility index (Phi) is 5.08. The monoisotopic (exact) mass is 279 g/mol. The molecule has 4 nitrogen and oxygen atoms in total. The van der Waals surface area contributed by atoms with E-state index in [1.54, 1.807) is 19.2 Å². The molecular weight excluding hydrogens is 262 g/mol. The van der Waals surface area contributed by atoms with Crippen LogP contribution < -0.4 is 10.6 Å². The molecule has 0 bridgehead atoms. The average molecular weight is 279 g/mol. The highest BCUT2D eigenvalue weighted by Crippen LogP contribution is 2.12. The minimum atomic E-state index is -0.371. The van der Waals surface area contributed by atoms with E-state index < -0.39 is 0 Å². The van der Waals surface area contributed by atoms with Crippen LogP contribution in [0, 0.1) is 11.3 Å². The van der Waals surface area contributed by atoms with Crippen LogP contribution in [0.3, 0.4) is 0 Å². The topological polar surface area (TPSA) is 64.9 Å². The standard InChI is InChI=1S/C17H17N3O/c1-19-16(15-5-3-2-4-6-15)17(21)20-12-14-9-7-13(11-18)8-10-14/h2-10,16,19H,12H2,1H3,(H,20,21). The molecule has 4 heteroatoms. The van der Waals surface area contributed by atoms with Crippen molar-refractivity contribution in [3.05, 3.63) is 71.3 Å². The maximum Gasteiger partial charge on any atom is 0.241 e. The van der Waals surface area contributed by atoms with Crippen LogP contribution in [0.25, 0.3) is 0 Å². The van der Waals surface area contributed by atoms with Gasteiger partial charge in [-0.2, -0.15) is 5.26 Å². The molecule has 1 atom stereocenters. The van der Waals surface area contributed by atoms with Crippen molar-refractivity contribution in [3.63, 3.8) is 0 Å². The maximum absolute atomic E-state index is 12.2. The van der Waals surface area contributed by atoms with Crippen molar-refractivity contribution in [2.24, 2.45) is 0 Å². The van der Waals surface area contributed by atoms with Gasteiger partial charge in [0.05, 0.1) is 11.6 Å². The zero-order valence-corrected chi connectivity index (χ0v) is 11.8. The fourth-order valence-corrected chi connectivity index (χ4v) is 2.08. The number of amides is 1. The van der Waals surface area contributed by atoms with E-state index in [1.165, 1.54) is 0 Å². The van der Waals surface area contributed by atoms with E-state index >= 15 is 0 Å². The summed E-state index contributed by atoms with van der Waals surface area (Å²) in [5.74, 6) is -0.0759. The van der Waals surface area contributed by atoms with Gasteiger partial charge in [0.1, 0.15) is 6.04 Å². The number of hydrogen-bond donors (Lipinski definition) is 2. The lowest BCUT2D eigenvalue weighted by Gasteiger charge is -2.16. The van der Waals surface area contributed by atoms with Gasteiger partial charge in [0.15, 0.2) is 0 Å². The van der Waals surface area contributed by atoms with E-state index in [0.717, 1.165) is 11.1 Å². The molecule has 1 amide bonds. The number of hydrogen-bond acceptors (Lipinski definition) is 3. The number of benzene rings is 2. The summed E-state index contributed by atoms with van der Waals surface area (Å²) < 4.78 is 0. The second-order valence-corrected chi connectivity index (χ2v) is 4.66. The third-order valence-corrected chi connectivity index (χ3v) is 3.23. The Morgan fingerprint density at radius 3 is 2.38 bits per heavy atom. The molecule has 0 heterocycles. The molecule has 2 rings (SSSR count). The molecule has 0 aromatic heterocycles. The zero-order valence-electron chi connectivity index (χ0n) is 11.8.